The van der Waals surface area contributed by atoms with Crippen LogP contribution in [0.2, 0.25) is 17.1 Å². The predicted molar refractivity (Wildman–Crippen MR) is 90.1 cm³/mol. The quantitative estimate of drug-likeness (QED) is 0.497. The molecule has 0 saturated heterocycles. The zero-order chi connectivity index (χ0) is 16.0. The Labute approximate surface area is 129 Å². The van der Waals surface area contributed by atoms with Gasteiger partial charge in [0.2, 0.25) is 0 Å². The lowest BCUT2D eigenvalue weighted by molar-refractivity contribution is 0.112. The number of carbonyl (C=O) groups is 1. The molecule has 0 fully saturated rings. The average molecular weight is 308 g/mol. The first kappa shape index (κ1) is 17.8. The highest BCUT2D eigenvalue weighted by atomic mass is 28.4. The second-order valence-electron chi connectivity index (χ2n) is 6.14. The van der Waals surface area contributed by atoms with Crippen LogP contribution in [-0.4, -0.2) is 21.7 Å². The Hall–Kier alpha value is -1.29. The summed E-state index contributed by atoms with van der Waals surface area (Å²) in [5, 5.41) is 0. The molecule has 0 aliphatic heterocycles. The molecule has 0 unspecified atom stereocenters. The molecule has 3 nitrogen and oxygen atoms in total. The zero-order valence-corrected chi connectivity index (χ0v) is 15.1. The molecule has 1 aromatic carbocycles. The fourth-order valence-electron chi connectivity index (χ4n) is 2.97. The van der Waals surface area contributed by atoms with Gasteiger partial charge in [0.15, 0.2) is 5.75 Å². The summed E-state index contributed by atoms with van der Waals surface area (Å²) in [6, 6.07) is 6.52. The molecule has 0 spiro atoms. The number of hydrogen-bond acceptors (Lipinski definition) is 3. The molecule has 0 heterocycles. The molecule has 118 valence electrons. The van der Waals surface area contributed by atoms with E-state index in [4.69, 9.17) is 9.16 Å². The fraction of sp³-hybridized carbons (Fsp3) is 0.588. The Kier molecular flexibility index (Phi) is 6.46. The van der Waals surface area contributed by atoms with E-state index < -0.39 is 8.32 Å². The van der Waals surface area contributed by atoms with Crippen molar-refractivity contribution in [2.75, 3.05) is 7.11 Å². The largest absolute Gasteiger partial charge is 0.540 e. The number of aldehydes is 1. The van der Waals surface area contributed by atoms with Gasteiger partial charge >= 0.3 is 0 Å². The molecule has 0 N–H and O–H groups in total. The fourth-order valence-corrected chi connectivity index (χ4v) is 7.39. The molecule has 1 rings (SSSR count). The summed E-state index contributed by atoms with van der Waals surface area (Å²) >= 11 is 0. The van der Waals surface area contributed by atoms with E-state index in [0.717, 1.165) is 24.5 Å². The van der Waals surface area contributed by atoms with Gasteiger partial charge in [-0.25, -0.2) is 0 Å². The molecule has 0 bridgehead atoms. The summed E-state index contributed by atoms with van der Waals surface area (Å²) in [6.45, 7) is 11.2. The van der Waals surface area contributed by atoms with E-state index in [1.807, 2.05) is 6.07 Å². The molecule has 0 radical (unpaired) electrons. The van der Waals surface area contributed by atoms with Gasteiger partial charge in [-0.05, 0) is 35.3 Å². The van der Waals surface area contributed by atoms with Gasteiger partial charge in [0.25, 0.3) is 8.32 Å². The monoisotopic (exact) mass is 308 g/mol. The molecular formula is C17H28O3Si. The van der Waals surface area contributed by atoms with E-state index in [-0.39, 0.29) is 0 Å². The van der Waals surface area contributed by atoms with Gasteiger partial charge in [0, 0.05) is 5.56 Å². The van der Waals surface area contributed by atoms with Crippen molar-refractivity contribution < 1.29 is 14.0 Å². The molecule has 0 aliphatic carbocycles. The minimum Gasteiger partial charge on any atom is -0.540 e. The molecule has 21 heavy (non-hydrogen) atoms. The third kappa shape index (κ3) is 3.88. The van der Waals surface area contributed by atoms with Crippen LogP contribution in [0.15, 0.2) is 18.2 Å². The van der Waals surface area contributed by atoms with Crippen LogP contribution in [0.25, 0.3) is 0 Å². The highest BCUT2D eigenvalue weighted by molar-refractivity contribution is 6.77. The molecule has 0 saturated carbocycles. The molecule has 0 aromatic heterocycles. The molecule has 0 aliphatic rings. The number of rotatable bonds is 8. The first-order valence-corrected chi connectivity index (χ1v) is 10.0. The van der Waals surface area contributed by atoms with Gasteiger partial charge in [-0.3, -0.25) is 4.79 Å². The van der Waals surface area contributed by atoms with Crippen LogP contribution in [0.3, 0.4) is 0 Å². The van der Waals surface area contributed by atoms with E-state index in [0.29, 0.717) is 22.4 Å². The molecule has 0 atom stereocenters. The van der Waals surface area contributed by atoms with Crippen LogP contribution in [0, 0.1) is 0 Å². The maximum absolute atomic E-state index is 10.9. The second kappa shape index (κ2) is 7.64. The molecule has 1 aromatic rings. The topological polar surface area (TPSA) is 35.5 Å². The summed E-state index contributed by atoms with van der Waals surface area (Å²) in [5.41, 5.74) is 1.65. The average Bonchev–Trinajstić information content (AvgIpc) is 2.46. The summed E-state index contributed by atoms with van der Waals surface area (Å²) in [4.78, 5) is 10.9. The van der Waals surface area contributed by atoms with Gasteiger partial charge in [-0.15, -0.1) is 0 Å². The van der Waals surface area contributed by atoms with Gasteiger partial charge < -0.3 is 9.16 Å². The van der Waals surface area contributed by atoms with Crippen molar-refractivity contribution in [1.82, 2.24) is 0 Å². The van der Waals surface area contributed by atoms with Crippen molar-refractivity contribution in [2.24, 2.45) is 0 Å². The van der Waals surface area contributed by atoms with Crippen molar-refractivity contribution in [3.63, 3.8) is 0 Å². The van der Waals surface area contributed by atoms with Crippen LogP contribution in [0.1, 0.15) is 51.4 Å². The highest BCUT2D eigenvalue weighted by Gasteiger charge is 2.43. The van der Waals surface area contributed by atoms with Crippen molar-refractivity contribution >= 4 is 14.6 Å². The maximum Gasteiger partial charge on any atom is 0.256 e. The van der Waals surface area contributed by atoms with Crippen molar-refractivity contribution in [3.8, 4) is 11.5 Å². The first-order valence-electron chi connectivity index (χ1n) is 7.73. The third-order valence-corrected chi connectivity index (χ3v) is 10.0. The highest BCUT2D eigenvalue weighted by Crippen LogP contribution is 2.41. The summed E-state index contributed by atoms with van der Waals surface area (Å²) < 4.78 is 12.0. The van der Waals surface area contributed by atoms with Crippen molar-refractivity contribution in [1.29, 1.82) is 0 Å². The number of benzene rings is 1. The molecular weight excluding hydrogens is 280 g/mol. The van der Waals surface area contributed by atoms with Gasteiger partial charge in [0.05, 0.1) is 7.11 Å². The first-order chi connectivity index (χ1) is 9.91. The Morgan fingerprint density at radius 1 is 1.14 bits per heavy atom. The minimum atomic E-state index is -1.93. The maximum atomic E-state index is 10.9. The normalized spacial score (nSPS) is 11.8. The summed E-state index contributed by atoms with van der Waals surface area (Å²) in [7, 11) is -0.319. The summed E-state index contributed by atoms with van der Waals surface area (Å²) in [5.74, 6) is 1.42. The lowest BCUT2D eigenvalue weighted by Crippen LogP contribution is -2.47. The Morgan fingerprint density at radius 3 is 2.19 bits per heavy atom. The Bertz CT molecular complexity index is 461. The van der Waals surface area contributed by atoms with E-state index in [1.54, 1.807) is 19.2 Å². The van der Waals surface area contributed by atoms with Gasteiger partial charge in [-0.2, -0.15) is 0 Å². The van der Waals surface area contributed by atoms with Crippen LogP contribution in [-0.2, 0) is 0 Å². The Morgan fingerprint density at radius 2 is 1.76 bits per heavy atom. The van der Waals surface area contributed by atoms with Crippen LogP contribution >= 0.6 is 0 Å². The second-order valence-corrected chi connectivity index (χ2v) is 11.1. The van der Waals surface area contributed by atoms with Crippen molar-refractivity contribution in [3.05, 3.63) is 23.8 Å². The summed E-state index contributed by atoms with van der Waals surface area (Å²) in [6.07, 6.45) is 1.95. The zero-order valence-electron chi connectivity index (χ0n) is 14.1. The third-order valence-electron chi connectivity index (χ3n) is 4.22. The number of ether oxygens (including phenoxy) is 1. The smallest absolute Gasteiger partial charge is 0.256 e. The van der Waals surface area contributed by atoms with Crippen LogP contribution < -0.4 is 9.16 Å². The number of methoxy groups -OCH3 is 1. The van der Waals surface area contributed by atoms with Crippen LogP contribution in [0.4, 0.5) is 0 Å². The minimum absolute atomic E-state index is 0.521. The number of hydrogen-bond donors (Lipinski definition) is 0. The van der Waals surface area contributed by atoms with Crippen LogP contribution in [0.5, 0.6) is 11.5 Å². The standard InChI is InChI=1S/C17H28O3Si/c1-7-10-21(13(2)3,14(4)5)20-16-9-8-15(12-18)11-17(16)19-6/h8-9,11-14H,7,10H2,1-6H3. The lowest BCUT2D eigenvalue weighted by atomic mass is 10.2. The van der Waals surface area contributed by atoms with Gasteiger partial charge in [-0.1, -0.05) is 41.0 Å². The lowest BCUT2D eigenvalue weighted by Gasteiger charge is -2.39. The van der Waals surface area contributed by atoms with Crippen molar-refractivity contribution in [2.45, 2.75) is 58.2 Å². The molecule has 4 heteroatoms. The van der Waals surface area contributed by atoms with E-state index in [1.165, 1.54) is 0 Å². The predicted octanol–water partition coefficient (Wildman–Crippen LogP) is 5.06. The number of carbonyl (C=O) groups excluding carboxylic acids is 1. The van der Waals surface area contributed by atoms with Gasteiger partial charge in [0.1, 0.15) is 12.0 Å². The molecule has 0 amide bonds. The van der Waals surface area contributed by atoms with E-state index in [2.05, 4.69) is 34.6 Å². The van der Waals surface area contributed by atoms with E-state index >= 15 is 0 Å². The Balaban J connectivity index is 3.22. The van der Waals surface area contributed by atoms with E-state index in [9.17, 15) is 4.79 Å². The SMILES string of the molecule is CCC[Si](Oc1ccc(C=O)cc1OC)(C(C)C)C(C)C.